The van der Waals surface area contributed by atoms with E-state index in [2.05, 4.69) is 44.0 Å². The number of hydrogen-bond donors (Lipinski definition) is 1. The van der Waals surface area contributed by atoms with Crippen LogP contribution in [-0.2, 0) is 0 Å². The van der Waals surface area contributed by atoms with Crippen LogP contribution >= 0.6 is 0 Å². The minimum atomic E-state index is -0.328. The molecule has 0 spiro atoms. The van der Waals surface area contributed by atoms with Gasteiger partial charge >= 0.3 is 0 Å². The summed E-state index contributed by atoms with van der Waals surface area (Å²) in [6.45, 7) is 6.34. The summed E-state index contributed by atoms with van der Waals surface area (Å²) in [5.74, 6) is 0.924. The van der Waals surface area contributed by atoms with Crippen molar-refractivity contribution in [3.63, 3.8) is 0 Å². The molecule has 0 radical (unpaired) electrons. The third kappa shape index (κ3) is 4.11. The summed E-state index contributed by atoms with van der Waals surface area (Å²) < 4.78 is 0. The maximum Gasteiger partial charge on any atom is 0.0802 e. The van der Waals surface area contributed by atoms with E-state index >= 15 is 0 Å². The molecule has 0 aromatic heterocycles. The number of hydrogen-bond acceptors (Lipinski definition) is 2. The summed E-state index contributed by atoms with van der Waals surface area (Å²) in [6, 6.07) is 6.34. The average molecular weight is 247 g/mol. The zero-order valence-electron chi connectivity index (χ0n) is 11.8. The van der Waals surface area contributed by atoms with Gasteiger partial charge in [-0.2, -0.15) is 0 Å². The van der Waals surface area contributed by atoms with Crippen LogP contribution in [0.3, 0.4) is 0 Å². The second-order valence-corrected chi connectivity index (χ2v) is 5.93. The Morgan fingerprint density at radius 3 is 2.39 bits per heavy atom. The fourth-order valence-electron chi connectivity index (χ4n) is 2.54. The molecule has 1 saturated carbocycles. The van der Waals surface area contributed by atoms with Crippen molar-refractivity contribution in [1.82, 2.24) is 4.90 Å². The molecule has 0 amide bonds. The van der Waals surface area contributed by atoms with Crippen LogP contribution in [0.5, 0.6) is 0 Å². The van der Waals surface area contributed by atoms with Gasteiger partial charge in [-0.25, -0.2) is 0 Å². The molecule has 2 nitrogen and oxygen atoms in total. The quantitative estimate of drug-likeness (QED) is 0.835. The van der Waals surface area contributed by atoms with Crippen molar-refractivity contribution in [2.24, 2.45) is 5.92 Å². The maximum absolute atomic E-state index is 10.2. The van der Waals surface area contributed by atoms with Crippen LogP contribution in [0, 0.1) is 19.8 Å². The molecular formula is C16H25NO. The third-order valence-corrected chi connectivity index (χ3v) is 3.68. The Hall–Kier alpha value is -0.860. The molecule has 1 fully saturated rings. The normalized spacial score (nSPS) is 17.2. The zero-order valence-corrected chi connectivity index (χ0v) is 11.8. The van der Waals surface area contributed by atoms with Crippen LogP contribution in [0.25, 0.3) is 0 Å². The van der Waals surface area contributed by atoms with E-state index in [1.807, 2.05) is 0 Å². The van der Waals surface area contributed by atoms with E-state index in [9.17, 15) is 5.11 Å². The van der Waals surface area contributed by atoms with Crippen molar-refractivity contribution >= 4 is 0 Å². The second-order valence-electron chi connectivity index (χ2n) is 5.93. The number of rotatable bonds is 6. The molecular weight excluding hydrogens is 222 g/mol. The Labute approximate surface area is 111 Å². The van der Waals surface area contributed by atoms with Crippen LogP contribution in [-0.4, -0.2) is 30.1 Å². The fourth-order valence-corrected chi connectivity index (χ4v) is 2.54. The van der Waals surface area contributed by atoms with Gasteiger partial charge in [0.25, 0.3) is 0 Å². The van der Waals surface area contributed by atoms with E-state index in [-0.39, 0.29) is 6.10 Å². The SMILES string of the molecule is Cc1cc(C)cc(C(O)CCN(C)CC2CC2)c1. The lowest BCUT2D eigenvalue weighted by Crippen LogP contribution is -2.23. The lowest BCUT2D eigenvalue weighted by atomic mass is 10.0. The molecule has 1 aliphatic rings. The molecule has 100 valence electrons. The van der Waals surface area contributed by atoms with E-state index in [0.717, 1.165) is 24.4 Å². The molecule has 18 heavy (non-hydrogen) atoms. The highest BCUT2D eigenvalue weighted by atomic mass is 16.3. The van der Waals surface area contributed by atoms with Gasteiger partial charge in [0.05, 0.1) is 6.10 Å². The molecule has 2 heteroatoms. The largest absolute Gasteiger partial charge is 0.388 e. The van der Waals surface area contributed by atoms with Gasteiger partial charge in [-0.1, -0.05) is 29.3 Å². The standard InChI is InChI=1S/C16H25NO/c1-12-8-13(2)10-15(9-12)16(18)6-7-17(3)11-14-4-5-14/h8-10,14,16,18H,4-7,11H2,1-3H3. The van der Waals surface area contributed by atoms with Gasteiger partial charge < -0.3 is 10.0 Å². The number of aryl methyl sites for hydroxylation is 2. The van der Waals surface area contributed by atoms with Gasteiger partial charge in [0.2, 0.25) is 0 Å². The van der Waals surface area contributed by atoms with Gasteiger partial charge in [-0.15, -0.1) is 0 Å². The van der Waals surface area contributed by atoms with Gasteiger partial charge in [0.1, 0.15) is 0 Å². The minimum Gasteiger partial charge on any atom is -0.388 e. The number of aliphatic hydroxyl groups is 1. The first-order valence-corrected chi connectivity index (χ1v) is 6.99. The van der Waals surface area contributed by atoms with Crippen molar-refractivity contribution in [1.29, 1.82) is 0 Å². The fraction of sp³-hybridized carbons (Fsp3) is 0.625. The molecule has 0 aliphatic heterocycles. The Bertz CT molecular complexity index is 378. The molecule has 1 atom stereocenters. The Kier molecular flexibility index (Phi) is 4.41. The molecule has 0 bridgehead atoms. The summed E-state index contributed by atoms with van der Waals surface area (Å²) in [5.41, 5.74) is 3.53. The summed E-state index contributed by atoms with van der Waals surface area (Å²) in [5, 5.41) is 10.2. The predicted molar refractivity (Wildman–Crippen MR) is 75.7 cm³/mol. The van der Waals surface area contributed by atoms with Gasteiger partial charge in [-0.3, -0.25) is 0 Å². The predicted octanol–water partition coefficient (Wildman–Crippen LogP) is 3.07. The van der Waals surface area contributed by atoms with Crippen molar-refractivity contribution in [2.45, 2.75) is 39.2 Å². The monoisotopic (exact) mass is 247 g/mol. The summed E-state index contributed by atoms with van der Waals surface area (Å²) >= 11 is 0. The van der Waals surface area contributed by atoms with E-state index in [0.29, 0.717) is 0 Å². The van der Waals surface area contributed by atoms with Crippen LogP contribution in [0.4, 0.5) is 0 Å². The second kappa shape index (κ2) is 5.85. The van der Waals surface area contributed by atoms with Crippen molar-refractivity contribution < 1.29 is 5.11 Å². The highest BCUT2D eigenvalue weighted by Gasteiger charge is 2.22. The first kappa shape index (κ1) is 13.6. The summed E-state index contributed by atoms with van der Waals surface area (Å²) in [6.07, 6.45) is 3.28. The third-order valence-electron chi connectivity index (χ3n) is 3.68. The topological polar surface area (TPSA) is 23.5 Å². The molecule has 0 heterocycles. The Balaban J connectivity index is 1.84. The van der Waals surface area contributed by atoms with E-state index in [4.69, 9.17) is 0 Å². The lowest BCUT2D eigenvalue weighted by Gasteiger charge is -2.19. The maximum atomic E-state index is 10.2. The molecule has 1 aliphatic carbocycles. The number of aliphatic hydroxyl groups excluding tert-OH is 1. The number of nitrogens with zero attached hydrogens (tertiary/aromatic N) is 1. The van der Waals surface area contributed by atoms with Gasteiger partial charge in [0.15, 0.2) is 0 Å². The van der Waals surface area contributed by atoms with Crippen LogP contribution < -0.4 is 0 Å². The average Bonchev–Trinajstić information content (AvgIpc) is 3.08. The molecule has 0 saturated heterocycles. The minimum absolute atomic E-state index is 0.328. The van der Waals surface area contributed by atoms with Crippen molar-refractivity contribution in [3.05, 3.63) is 34.9 Å². The molecule has 2 rings (SSSR count). The van der Waals surface area contributed by atoms with E-state index < -0.39 is 0 Å². The first-order valence-electron chi connectivity index (χ1n) is 6.99. The molecule has 1 unspecified atom stereocenters. The highest BCUT2D eigenvalue weighted by molar-refractivity contribution is 5.29. The van der Waals surface area contributed by atoms with Crippen molar-refractivity contribution in [3.8, 4) is 0 Å². The van der Waals surface area contributed by atoms with Gasteiger partial charge in [-0.05, 0) is 51.6 Å². The Morgan fingerprint density at radius 1 is 1.22 bits per heavy atom. The molecule has 1 aromatic carbocycles. The molecule has 1 N–H and O–H groups in total. The van der Waals surface area contributed by atoms with E-state index in [1.54, 1.807) is 0 Å². The van der Waals surface area contributed by atoms with E-state index in [1.165, 1.54) is 30.5 Å². The lowest BCUT2D eigenvalue weighted by molar-refractivity contribution is 0.148. The Morgan fingerprint density at radius 2 is 1.83 bits per heavy atom. The zero-order chi connectivity index (χ0) is 13.1. The van der Waals surface area contributed by atoms with Gasteiger partial charge in [0, 0.05) is 13.1 Å². The van der Waals surface area contributed by atoms with Crippen LogP contribution in [0.2, 0.25) is 0 Å². The summed E-state index contributed by atoms with van der Waals surface area (Å²) in [7, 11) is 2.16. The summed E-state index contributed by atoms with van der Waals surface area (Å²) in [4.78, 5) is 2.35. The van der Waals surface area contributed by atoms with Crippen LogP contribution in [0.1, 0.15) is 42.1 Å². The smallest absolute Gasteiger partial charge is 0.0802 e. The van der Waals surface area contributed by atoms with Crippen molar-refractivity contribution in [2.75, 3.05) is 20.1 Å². The molecule has 1 aromatic rings. The highest BCUT2D eigenvalue weighted by Crippen LogP contribution is 2.29. The van der Waals surface area contributed by atoms with Crippen LogP contribution in [0.15, 0.2) is 18.2 Å². The number of benzene rings is 1. The first-order chi connectivity index (χ1) is 8.54.